The number of rotatable bonds is 9. The summed E-state index contributed by atoms with van der Waals surface area (Å²) in [6.45, 7) is 11.0. The van der Waals surface area contributed by atoms with E-state index in [9.17, 15) is 44.7 Å². The van der Waals surface area contributed by atoms with Crippen LogP contribution in [-0.2, 0) is 33.4 Å². The highest BCUT2D eigenvalue weighted by Crippen LogP contribution is 2.63. The molecular weight excluding hydrogens is 650 g/mol. The maximum atomic E-state index is 14.4. The molecule has 5 rings (SSSR count). The van der Waals surface area contributed by atoms with Crippen LogP contribution in [0.2, 0.25) is 0 Å². The highest BCUT2D eigenvalue weighted by molar-refractivity contribution is 5.93. The molecule has 6 N–H and O–H groups in total. The first kappa shape index (κ1) is 38.8. The summed E-state index contributed by atoms with van der Waals surface area (Å²) in [5, 5.41) is 62.7. The summed E-state index contributed by atoms with van der Waals surface area (Å²) >= 11 is 0. The second-order valence-corrected chi connectivity index (χ2v) is 16.7. The van der Waals surface area contributed by atoms with Crippen LogP contribution < -0.4 is 5.32 Å². The number of ether oxygens (including phenoxy) is 3. The number of hydrogen-bond donors (Lipinski definition) is 6. The van der Waals surface area contributed by atoms with Gasteiger partial charge < -0.3 is 45.1 Å². The zero-order valence-electron chi connectivity index (χ0n) is 30.4. The van der Waals surface area contributed by atoms with Gasteiger partial charge in [-0.15, -0.1) is 0 Å². The number of carbonyl (C=O) groups is 4. The molecule has 282 valence electrons. The van der Waals surface area contributed by atoms with Crippen molar-refractivity contribution < 1.29 is 58.9 Å². The van der Waals surface area contributed by atoms with Crippen LogP contribution in [0.3, 0.4) is 0 Å². The van der Waals surface area contributed by atoms with Crippen LogP contribution in [0.1, 0.15) is 106 Å². The van der Waals surface area contributed by atoms with Crippen molar-refractivity contribution >= 4 is 23.6 Å². The molecule has 2 bridgehead atoms. The Balaban J connectivity index is 1.55. The SMILES string of the molecule is CC(=O)O[C@H]1[C@@H]2[C@]3(O)CO[C@@H]3C[C@H](O)[C@@]2(C)C(=O)[C@H](O)C2=C(C)[C@@H](OC(=O)[C@H](O)[C@@H](NC(=O)CCC(C)C)C3CCCCC3)C[C@]1(O)C2(C)C. The van der Waals surface area contributed by atoms with E-state index in [1.54, 1.807) is 20.8 Å². The van der Waals surface area contributed by atoms with Gasteiger partial charge in [0.15, 0.2) is 11.9 Å². The zero-order chi connectivity index (χ0) is 37.1. The molecule has 0 aromatic carbocycles. The molecule has 0 aromatic rings. The first-order valence-electron chi connectivity index (χ1n) is 18.2. The van der Waals surface area contributed by atoms with Gasteiger partial charge in [-0.2, -0.15) is 0 Å². The van der Waals surface area contributed by atoms with Gasteiger partial charge in [0.05, 0.1) is 30.3 Å². The summed E-state index contributed by atoms with van der Waals surface area (Å²) in [5.74, 6) is -4.32. The van der Waals surface area contributed by atoms with Gasteiger partial charge in [0, 0.05) is 37.5 Å². The van der Waals surface area contributed by atoms with Gasteiger partial charge in [0.2, 0.25) is 5.91 Å². The van der Waals surface area contributed by atoms with E-state index in [1.165, 1.54) is 6.92 Å². The summed E-state index contributed by atoms with van der Waals surface area (Å²) in [6, 6.07) is -0.917. The highest BCUT2D eigenvalue weighted by atomic mass is 16.6. The number of aliphatic hydroxyl groups excluding tert-OH is 3. The van der Waals surface area contributed by atoms with Crippen molar-refractivity contribution in [3.8, 4) is 0 Å². The van der Waals surface area contributed by atoms with Crippen molar-refractivity contribution in [3.05, 3.63) is 11.1 Å². The van der Waals surface area contributed by atoms with Gasteiger partial charge in [-0.3, -0.25) is 14.4 Å². The van der Waals surface area contributed by atoms with Gasteiger partial charge >= 0.3 is 11.9 Å². The molecule has 4 fully saturated rings. The van der Waals surface area contributed by atoms with Crippen LogP contribution in [-0.4, -0.2) is 110 Å². The largest absolute Gasteiger partial charge is 0.459 e. The summed E-state index contributed by atoms with van der Waals surface area (Å²) in [4.78, 5) is 54.0. The number of carbonyl (C=O) groups excluding carboxylic acids is 4. The summed E-state index contributed by atoms with van der Waals surface area (Å²) < 4.78 is 17.4. The molecule has 1 saturated heterocycles. The smallest absolute Gasteiger partial charge is 0.337 e. The van der Waals surface area contributed by atoms with Crippen molar-refractivity contribution in [1.29, 1.82) is 0 Å². The molecule has 13 heteroatoms. The molecule has 11 atom stereocenters. The lowest BCUT2D eigenvalue weighted by Crippen LogP contribution is -2.81. The van der Waals surface area contributed by atoms with E-state index >= 15 is 0 Å². The molecule has 0 unspecified atom stereocenters. The van der Waals surface area contributed by atoms with Gasteiger partial charge in [0.25, 0.3) is 0 Å². The quantitative estimate of drug-likeness (QED) is 0.149. The Hall–Kier alpha value is -2.42. The number of aliphatic hydroxyl groups is 5. The molecule has 1 heterocycles. The Kier molecular flexibility index (Phi) is 10.8. The standard InChI is InChI=1S/C37H57NO12/c1-18(2)13-14-25(41)38-27(21-11-9-8-10-12-21)29(43)33(45)50-22-16-37(47)32(49-20(4)39)30-35(7,23(40)15-24-36(30,46)17-48-24)31(44)28(42)26(19(22)3)34(37,5)6/h18,21-24,27-30,32,40,42-43,46-47H,8-17H2,1-7H3,(H,38,41)/t22-,23-,24+,27-,28+,29+,30-,32-,35+,36-,37+/m0/s1. The van der Waals surface area contributed by atoms with Crippen LogP contribution in [0.5, 0.6) is 0 Å². The lowest BCUT2D eigenvalue weighted by molar-refractivity contribution is -0.345. The van der Waals surface area contributed by atoms with Crippen LogP contribution in [0.15, 0.2) is 11.1 Å². The van der Waals surface area contributed by atoms with E-state index in [-0.39, 0.29) is 48.3 Å². The van der Waals surface area contributed by atoms with Crippen molar-refractivity contribution in [2.45, 2.75) is 160 Å². The van der Waals surface area contributed by atoms with Crippen molar-refractivity contribution in [2.24, 2.45) is 28.6 Å². The summed E-state index contributed by atoms with van der Waals surface area (Å²) in [6.07, 6.45) is -4.42. The normalized spacial score (nSPS) is 39.6. The molecule has 13 nitrogen and oxygen atoms in total. The number of Topliss-reactive ketones (excluding diaryl/α,β-unsaturated/α-hetero) is 1. The number of amides is 1. The number of nitrogens with one attached hydrogen (secondary N) is 1. The monoisotopic (exact) mass is 707 g/mol. The molecule has 50 heavy (non-hydrogen) atoms. The fraction of sp³-hybridized carbons (Fsp3) is 0.838. The molecular formula is C37H57NO12. The minimum atomic E-state index is -2.18. The van der Waals surface area contributed by atoms with E-state index in [1.807, 2.05) is 13.8 Å². The van der Waals surface area contributed by atoms with Gasteiger partial charge in [-0.1, -0.05) is 47.0 Å². The number of ketones is 1. The second-order valence-electron chi connectivity index (χ2n) is 16.7. The predicted molar refractivity (Wildman–Crippen MR) is 178 cm³/mol. The molecule has 0 aromatic heterocycles. The topological polar surface area (TPSA) is 209 Å². The first-order valence-corrected chi connectivity index (χ1v) is 18.2. The average molecular weight is 708 g/mol. The lowest BCUT2D eigenvalue weighted by atomic mass is 9.45. The minimum absolute atomic E-state index is 0.0253. The molecule has 0 radical (unpaired) electrons. The number of esters is 2. The lowest BCUT2D eigenvalue weighted by Gasteiger charge is -2.66. The summed E-state index contributed by atoms with van der Waals surface area (Å²) in [5.41, 5.74) is -7.09. The van der Waals surface area contributed by atoms with E-state index in [2.05, 4.69) is 5.32 Å². The molecule has 1 aliphatic heterocycles. The van der Waals surface area contributed by atoms with E-state index in [0.29, 0.717) is 19.3 Å². The molecule has 1 amide bonds. The van der Waals surface area contributed by atoms with E-state index in [0.717, 1.165) is 26.2 Å². The Morgan fingerprint density at radius 3 is 2.24 bits per heavy atom. The minimum Gasteiger partial charge on any atom is -0.459 e. The molecule has 0 spiro atoms. The van der Waals surface area contributed by atoms with Crippen LogP contribution in [0, 0.1) is 28.6 Å². The van der Waals surface area contributed by atoms with Crippen LogP contribution in [0.25, 0.3) is 0 Å². The van der Waals surface area contributed by atoms with Gasteiger partial charge in [0.1, 0.15) is 29.5 Å². The third-order valence-corrected chi connectivity index (χ3v) is 12.9. The average Bonchev–Trinajstić information content (AvgIpc) is 3.04. The number of fused-ring (bicyclic) bond motifs is 5. The number of hydrogen-bond acceptors (Lipinski definition) is 12. The highest BCUT2D eigenvalue weighted by Gasteiger charge is 2.76. The Labute approximate surface area is 294 Å². The summed E-state index contributed by atoms with van der Waals surface area (Å²) in [7, 11) is 0. The van der Waals surface area contributed by atoms with Crippen LogP contribution >= 0.6 is 0 Å². The maximum absolute atomic E-state index is 14.4. The first-order chi connectivity index (χ1) is 23.2. The maximum Gasteiger partial charge on any atom is 0.337 e. The van der Waals surface area contributed by atoms with E-state index < -0.39 is 94.8 Å². The Morgan fingerprint density at radius 1 is 1.04 bits per heavy atom. The molecule has 4 aliphatic carbocycles. The fourth-order valence-electron chi connectivity index (χ4n) is 9.78. The molecule has 3 saturated carbocycles. The molecule has 5 aliphatic rings. The van der Waals surface area contributed by atoms with Gasteiger partial charge in [-0.25, -0.2) is 4.79 Å². The third-order valence-electron chi connectivity index (χ3n) is 12.9. The van der Waals surface area contributed by atoms with Crippen molar-refractivity contribution in [2.75, 3.05) is 6.61 Å². The Bertz CT molecular complexity index is 1390. The van der Waals surface area contributed by atoms with E-state index in [4.69, 9.17) is 14.2 Å². The zero-order valence-corrected chi connectivity index (χ0v) is 30.4. The van der Waals surface area contributed by atoms with Crippen LogP contribution in [0.4, 0.5) is 0 Å². The fourth-order valence-corrected chi connectivity index (χ4v) is 9.78. The second kappa shape index (κ2) is 13.9. The third kappa shape index (κ3) is 6.23. The van der Waals surface area contributed by atoms with Crippen molar-refractivity contribution in [3.63, 3.8) is 0 Å². The van der Waals surface area contributed by atoms with Crippen molar-refractivity contribution in [1.82, 2.24) is 5.32 Å². The Morgan fingerprint density at radius 2 is 1.68 bits per heavy atom. The predicted octanol–water partition coefficient (Wildman–Crippen LogP) is 1.63. The van der Waals surface area contributed by atoms with Gasteiger partial charge in [-0.05, 0) is 56.1 Å².